The van der Waals surface area contributed by atoms with E-state index in [1.807, 2.05) is 42.2 Å². The summed E-state index contributed by atoms with van der Waals surface area (Å²) in [6.45, 7) is 5.98. The third kappa shape index (κ3) is 5.88. The van der Waals surface area contributed by atoms with Crippen molar-refractivity contribution >= 4 is 29.2 Å². The predicted molar refractivity (Wildman–Crippen MR) is 129 cm³/mol. The van der Waals surface area contributed by atoms with Gasteiger partial charge in [0, 0.05) is 45.7 Å². The Morgan fingerprint density at radius 3 is 2.64 bits per heavy atom. The molecule has 0 radical (unpaired) electrons. The summed E-state index contributed by atoms with van der Waals surface area (Å²) < 4.78 is 0. The van der Waals surface area contributed by atoms with Gasteiger partial charge in [0.2, 0.25) is 5.91 Å². The number of amides is 2. The molecule has 1 fully saturated rings. The second-order valence-electron chi connectivity index (χ2n) is 8.87. The molecule has 0 bridgehead atoms. The summed E-state index contributed by atoms with van der Waals surface area (Å²) >= 11 is 6.23. The quantitative estimate of drug-likeness (QED) is 0.455. The molecule has 1 aromatic heterocycles. The van der Waals surface area contributed by atoms with Crippen molar-refractivity contribution < 1.29 is 14.7 Å². The van der Waals surface area contributed by atoms with Gasteiger partial charge < -0.3 is 25.6 Å². The highest BCUT2D eigenvalue weighted by atomic mass is 35.5. The van der Waals surface area contributed by atoms with Crippen molar-refractivity contribution in [2.45, 2.75) is 31.2 Å². The summed E-state index contributed by atoms with van der Waals surface area (Å²) in [5, 5.41) is 15.3. The minimum atomic E-state index is -0.668. The van der Waals surface area contributed by atoms with Crippen LogP contribution in [0.3, 0.4) is 0 Å². The van der Waals surface area contributed by atoms with E-state index in [2.05, 4.69) is 20.5 Å². The van der Waals surface area contributed by atoms with Crippen LogP contribution in [0.1, 0.15) is 27.2 Å². The zero-order chi connectivity index (χ0) is 23.4. The number of nitrogens with one attached hydrogen (secondary N) is 3. The number of H-pyrrole nitrogens is 1. The number of aromatic amines is 1. The molecule has 2 aliphatic rings. The number of hydrogen-bond acceptors (Lipinski definition) is 5. The number of carbonyl (C=O) groups is 2. The molecule has 0 spiro atoms. The number of benzene rings is 1. The number of nitrogens with zero attached hydrogens (tertiary/aromatic N) is 2. The molecule has 2 aromatic rings. The van der Waals surface area contributed by atoms with E-state index in [0.29, 0.717) is 57.8 Å². The molecule has 8 nitrogen and oxygen atoms in total. The molecule has 1 saturated heterocycles. The monoisotopic (exact) mass is 473 g/mol. The fourth-order valence-corrected chi connectivity index (χ4v) is 4.66. The number of aliphatic hydroxyl groups excluding tert-OH is 1. The SMILES string of the molecule is Cc1ccc(CC(NC(=O)c2cc3c([nH]2)NCC(Cl)C3)C(=O)N2CCN(CCO)CC2)cc1. The Morgan fingerprint density at radius 2 is 1.94 bits per heavy atom. The van der Waals surface area contributed by atoms with Crippen molar-refractivity contribution in [2.24, 2.45) is 0 Å². The van der Waals surface area contributed by atoms with E-state index in [0.717, 1.165) is 22.5 Å². The molecule has 9 heteroatoms. The Bertz CT molecular complexity index is 969. The zero-order valence-corrected chi connectivity index (χ0v) is 19.7. The number of carbonyl (C=O) groups excluding carboxylic acids is 2. The molecule has 2 amide bonds. The summed E-state index contributed by atoms with van der Waals surface area (Å²) in [6.07, 6.45) is 1.11. The summed E-state index contributed by atoms with van der Waals surface area (Å²) in [5.74, 6) is 0.433. The van der Waals surface area contributed by atoms with Gasteiger partial charge in [-0.2, -0.15) is 0 Å². The fraction of sp³-hybridized carbons (Fsp3) is 0.500. The van der Waals surface area contributed by atoms with Crippen LogP contribution < -0.4 is 10.6 Å². The van der Waals surface area contributed by atoms with Gasteiger partial charge in [-0.3, -0.25) is 14.5 Å². The number of aliphatic hydroxyl groups is 1. The van der Waals surface area contributed by atoms with Gasteiger partial charge in [-0.15, -0.1) is 11.6 Å². The lowest BCUT2D eigenvalue weighted by atomic mass is 10.0. The van der Waals surface area contributed by atoms with Crippen molar-refractivity contribution in [3.8, 4) is 0 Å². The minimum absolute atomic E-state index is 0.00965. The van der Waals surface area contributed by atoms with Crippen LogP contribution >= 0.6 is 11.6 Å². The van der Waals surface area contributed by atoms with E-state index in [9.17, 15) is 9.59 Å². The Hall–Kier alpha value is -2.55. The smallest absolute Gasteiger partial charge is 0.268 e. The largest absolute Gasteiger partial charge is 0.395 e. The van der Waals surface area contributed by atoms with E-state index in [4.69, 9.17) is 16.7 Å². The average molecular weight is 474 g/mol. The van der Waals surface area contributed by atoms with Gasteiger partial charge in [-0.05, 0) is 30.5 Å². The lowest BCUT2D eigenvalue weighted by molar-refractivity contribution is -0.135. The first-order valence-electron chi connectivity index (χ1n) is 11.5. The first-order valence-corrected chi connectivity index (χ1v) is 11.9. The number of rotatable bonds is 7. The van der Waals surface area contributed by atoms with Gasteiger partial charge in [0.05, 0.1) is 12.0 Å². The molecule has 0 saturated carbocycles. The summed E-state index contributed by atoms with van der Waals surface area (Å²) in [5.41, 5.74) is 3.55. The third-order valence-electron chi connectivity index (χ3n) is 6.35. The van der Waals surface area contributed by atoms with Crippen molar-refractivity contribution in [1.29, 1.82) is 0 Å². The van der Waals surface area contributed by atoms with E-state index < -0.39 is 6.04 Å². The van der Waals surface area contributed by atoms with Crippen LogP contribution in [0.2, 0.25) is 0 Å². The van der Waals surface area contributed by atoms with Gasteiger partial charge in [0.15, 0.2) is 0 Å². The van der Waals surface area contributed by atoms with Crippen molar-refractivity contribution in [2.75, 3.05) is 51.2 Å². The summed E-state index contributed by atoms with van der Waals surface area (Å²) in [4.78, 5) is 33.6. The molecular formula is C24H32ClN5O3. The Morgan fingerprint density at radius 1 is 1.21 bits per heavy atom. The first kappa shape index (κ1) is 23.6. The maximum absolute atomic E-state index is 13.4. The molecule has 4 rings (SSSR count). The number of aromatic nitrogens is 1. The van der Waals surface area contributed by atoms with Crippen LogP contribution in [-0.4, -0.2) is 89.0 Å². The van der Waals surface area contributed by atoms with Crippen molar-refractivity contribution in [3.63, 3.8) is 0 Å². The van der Waals surface area contributed by atoms with Crippen molar-refractivity contribution in [1.82, 2.24) is 20.1 Å². The first-order chi connectivity index (χ1) is 15.9. The van der Waals surface area contributed by atoms with Crippen LogP contribution in [0.15, 0.2) is 30.3 Å². The molecule has 2 unspecified atom stereocenters. The molecular weight excluding hydrogens is 442 g/mol. The van der Waals surface area contributed by atoms with Crippen LogP contribution in [0.25, 0.3) is 0 Å². The number of alkyl halides is 1. The lowest BCUT2D eigenvalue weighted by Gasteiger charge is -2.36. The Balaban J connectivity index is 1.48. The van der Waals surface area contributed by atoms with Gasteiger partial charge in [0.25, 0.3) is 5.91 Å². The maximum Gasteiger partial charge on any atom is 0.268 e. The normalized spacial score (nSPS) is 19.5. The van der Waals surface area contributed by atoms with E-state index >= 15 is 0 Å². The van der Waals surface area contributed by atoms with Crippen LogP contribution in [0, 0.1) is 6.92 Å². The number of halogens is 1. The van der Waals surface area contributed by atoms with E-state index in [1.165, 1.54) is 0 Å². The van der Waals surface area contributed by atoms with Gasteiger partial charge in [0.1, 0.15) is 17.6 Å². The number of anilines is 1. The van der Waals surface area contributed by atoms with Crippen molar-refractivity contribution in [3.05, 3.63) is 52.7 Å². The maximum atomic E-state index is 13.4. The molecule has 1 aromatic carbocycles. The highest BCUT2D eigenvalue weighted by Crippen LogP contribution is 2.24. The number of aryl methyl sites for hydroxylation is 1. The Labute approximate surface area is 199 Å². The number of hydrogen-bond donors (Lipinski definition) is 4. The molecule has 2 aliphatic heterocycles. The minimum Gasteiger partial charge on any atom is -0.395 e. The average Bonchev–Trinajstić information content (AvgIpc) is 3.24. The standard InChI is InChI=1S/C24H32ClN5O3/c1-16-2-4-17(5-3-16)12-21(24(33)30-8-6-29(7-9-30)10-11-31)28-23(32)20-14-18-13-19(25)15-26-22(18)27-20/h2-5,14,19,21,26-27,31H,6-13,15H2,1H3,(H,28,32). The van der Waals surface area contributed by atoms with Crippen LogP contribution in [0.5, 0.6) is 0 Å². The van der Waals surface area contributed by atoms with Crippen LogP contribution in [-0.2, 0) is 17.6 Å². The second-order valence-corrected chi connectivity index (χ2v) is 9.49. The molecule has 4 N–H and O–H groups in total. The molecule has 3 heterocycles. The summed E-state index contributed by atoms with van der Waals surface area (Å²) in [6, 6.07) is 9.17. The van der Waals surface area contributed by atoms with Crippen LogP contribution in [0.4, 0.5) is 5.82 Å². The molecule has 33 heavy (non-hydrogen) atoms. The molecule has 178 valence electrons. The number of fused-ring (bicyclic) bond motifs is 1. The van der Waals surface area contributed by atoms with E-state index in [-0.39, 0.29) is 23.8 Å². The van der Waals surface area contributed by atoms with E-state index in [1.54, 1.807) is 0 Å². The summed E-state index contributed by atoms with van der Waals surface area (Å²) in [7, 11) is 0. The third-order valence-corrected chi connectivity index (χ3v) is 6.66. The fourth-order valence-electron chi connectivity index (χ4n) is 4.41. The Kier molecular flexibility index (Phi) is 7.57. The highest BCUT2D eigenvalue weighted by molar-refractivity contribution is 6.21. The second kappa shape index (κ2) is 10.6. The lowest BCUT2D eigenvalue weighted by Crippen LogP contribution is -2.55. The topological polar surface area (TPSA) is 101 Å². The van der Waals surface area contributed by atoms with Gasteiger partial charge >= 0.3 is 0 Å². The van der Waals surface area contributed by atoms with Gasteiger partial charge in [-0.1, -0.05) is 29.8 Å². The predicted octanol–water partition coefficient (Wildman–Crippen LogP) is 1.38. The number of β-amino-alcohol motifs (C(OH)–C–C–N with tert-alkyl or cyclic N) is 1. The number of piperazine rings is 1. The zero-order valence-electron chi connectivity index (χ0n) is 18.9. The highest BCUT2D eigenvalue weighted by Gasteiger charge is 2.30. The molecule has 0 aliphatic carbocycles. The van der Waals surface area contributed by atoms with Gasteiger partial charge in [-0.25, -0.2) is 0 Å². The molecule has 2 atom stereocenters.